The zero-order chi connectivity index (χ0) is 13.7. The molecule has 0 heterocycles. The Balaban J connectivity index is 4.51. The molecule has 0 bridgehead atoms. The highest BCUT2D eigenvalue weighted by atomic mass is 32.2. The van der Waals surface area contributed by atoms with Gasteiger partial charge in [0, 0.05) is 6.42 Å². The quantitative estimate of drug-likeness (QED) is 0.517. The second-order valence-electron chi connectivity index (χ2n) is 3.08. The molecule has 5 nitrogen and oxygen atoms in total. The minimum atomic E-state index is -5.36. The third-order valence-electron chi connectivity index (χ3n) is 1.76. The molecular weight excluding hydrogens is 265 g/mol. The van der Waals surface area contributed by atoms with Crippen molar-refractivity contribution in [2.75, 3.05) is 13.7 Å². The van der Waals surface area contributed by atoms with Crippen molar-refractivity contribution in [1.82, 2.24) is 0 Å². The molecule has 1 unspecified atom stereocenters. The van der Waals surface area contributed by atoms with Crippen LogP contribution < -0.4 is 0 Å². The van der Waals surface area contributed by atoms with Gasteiger partial charge in [-0.1, -0.05) is 6.92 Å². The van der Waals surface area contributed by atoms with E-state index in [-0.39, 0.29) is 6.42 Å². The smallest absolute Gasteiger partial charge is 0.403 e. The Hall–Kier alpha value is -0.830. The fourth-order valence-electron chi connectivity index (χ4n) is 0.807. The molecule has 9 heteroatoms. The van der Waals surface area contributed by atoms with E-state index >= 15 is 0 Å². The molecule has 17 heavy (non-hydrogen) atoms. The van der Waals surface area contributed by atoms with Crippen molar-refractivity contribution in [3.8, 4) is 0 Å². The molecule has 0 saturated heterocycles. The number of hydrogen-bond donors (Lipinski definition) is 0. The summed E-state index contributed by atoms with van der Waals surface area (Å²) in [6.45, 7) is 0.298. The van der Waals surface area contributed by atoms with Crippen LogP contribution in [0.2, 0.25) is 0 Å². The van der Waals surface area contributed by atoms with Crippen molar-refractivity contribution in [3.63, 3.8) is 0 Å². The molecule has 0 spiro atoms. The number of carbonyl (C=O) groups is 1. The Labute approximate surface area is 97.0 Å². The molecule has 0 aromatic rings. The average Bonchev–Trinajstić information content (AvgIpc) is 2.25. The van der Waals surface area contributed by atoms with Gasteiger partial charge in [-0.25, -0.2) is 4.39 Å². The molecule has 0 saturated carbocycles. The van der Waals surface area contributed by atoms with Crippen LogP contribution in [0.25, 0.3) is 0 Å². The summed E-state index contributed by atoms with van der Waals surface area (Å²) in [5.74, 6) is -0.874. The Morgan fingerprint density at radius 1 is 1.41 bits per heavy atom. The van der Waals surface area contributed by atoms with Crippen molar-refractivity contribution in [2.24, 2.45) is 0 Å². The Kier molecular flexibility index (Phi) is 5.89. The Morgan fingerprint density at radius 2 is 1.94 bits per heavy atom. The summed E-state index contributed by atoms with van der Waals surface area (Å²) in [4.78, 5) is 10.8. The van der Waals surface area contributed by atoms with Gasteiger partial charge in [0.25, 0.3) is 0 Å². The van der Waals surface area contributed by atoms with E-state index in [1.807, 2.05) is 0 Å². The van der Waals surface area contributed by atoms with E-state index in [0.29, 0.717) is 13.5 Å². The summed E-state index contributed by atoms with van der Waals surface area (Å²) < 4.78 is 67.9. The minimum Gasteiger partial charge on any atom is -0.462 e. The zero-order valence-electron chi connectivity index (χ0n) is 9.28. The molecule has 0 aromatic heterocycles. The zero-order valence-corrected chi connectivity index (χ0v) is 10.1. The van der Waals surface area contributed by atoms with Crippen molar-refractivity contribution in [2.45, 2.75) is 31.2 Å². The van der Waals surface area contributed by atoms with Gasteiger partial charge in [-0.3, -0.25) is 8.98 Å². The largest absolute Gasteiger partial charge is 0.462 e. The summed E-state index contributed by atoms with van der Waals surface area (Å²) in [6, 6.07) is 0. The summed E-state index contributed by atoms with van der Waals surface area (Å²) >= 11 is 0. The topological polar surface area (TPSA) is 69.7 Å². The van der Waals surface area contributed by atoms with Gasteiger partial charge in [0.1, 0.15) is 6.61 Å². The molecule has 0 rings (SSSR count). The van der Waals surface area contributed by atoms with Gasteiger partial charge in [0.15, 0.2) is 0 Å². The van der Waals surface area contributed by atoms with Gasteiger partial charge in [0.05, 0.1) is 7.11 Å². The monoisotopic (exact) mass is 278 g/mol. The first kappa shape index (κ1) is 16.2. The fraction of sp³-hybridized carbons (Fsp3) is 0.875. The Bertz CT molecular complexity index is 354. The fourth-order valence-corrected chi connectivity index (χ4v) is 1.41. The normalized spacial score (nSPS) is 14.4. The second-order valence-corrected chi connectivity index (χ2v) is 4.87. The maximum Gasteiger partial charge on any atom is 0.403 e. The van der Waals surface area contributed by atoms with E-state index in [9.17, 15) is 26.4 Å². The van der Waals surface area contributed by atoms with Gasteiger partial charge in [-0.15, -0.1) is 0 Å². The van der Waals surface area contributed by atoms with E-state index in [4.69, 9.17) is 0 Å². The van der Waals surface area contributed by atoms with E-state index in [1.54, 1.807) is 6.92 Å². The van der Waals surface area contributed by atoms with Gasteiger partial charge in [-0.2, -0.15) is 17.2 Å². The lowest BCUT2D eigenvalue weighted by Crippen LogP contribution is -2.42. The number of esters is 1. The molecule has 0 N–H and O–H groups in total. The third-order valence-corrected chi connectivity index (χ3v) is 3.12. The molecular formula is C8H13F3O5S. The molecule has 0 amide bonds. The number of ether oxygens (including phenoxy) is 1. The van der Waals surface area contributed by atoms with E-state index in [1.165, 1.54) is 0 Å². The molecule has 102 valence electrons. The summed E-state index contributed by atoms with van der Waals surface area (Å²) in [5, 5.41) is -4.76. The third kappa shape index (κ3) is 4.15. The summed E-state index contributed by atoms with van der Waals surface area (Å²) in [7, 11) is -4.87. The van der Waals surface area contributed by atoms with Gasteiger partial charge < -0.3 is 4.74 Å². The lowest BCUT2D eigenvalue weighted by Gasteiger charge is -2.19. The van der Waals surface area contributed by atoms with Crippen molar-refractivity contribution in [1.29, 1.82) is 0 Å². The first-order valence-corrected chi connectivity index (χ1v) is 6.07. The van der Waals surface area contributed by atoms with Gasteiger partial charge >= 0.3 is 21.3 Å². The molecule has 0 fully saturated rings. The van der Waals surface area contributed by atoms with Crippen LogP contribution in [0, 0.1) is 0 Å². The van der Waals surface area contributed by atoms with E-state index in [2.05, 4.69) is 8.92 Å². The second kappa shape index (κ2) is 6.20. The van der Waals surface area contributed by atoms with Crippen LogP contribution in [0.3, 0.4) is 0 Å². The Morgan fingerprint density at radius 3 is 2.35 bits per heavy atom. The molecule has 0 aliphatic rings. The predicted molar refractivity (Wildman–Crippen MR) is 51.6 cm³/mol. The van der Waals surface area contributed by atoms with E-state index in [0.717, 1.165) is 0 Å². The highest BCUT2D eigenvalue weighted by molar-refractivity contribution is 7.87. The first-order valence-electron chi connectivity index (χ1n) is 4.66. The minimum absolute atomic E-state index is 0.0602. The van der Waals surface area contributed by atoms with Crippen LogP contribution in [-0.4, -0.2) is 39.5 Å². The number of hydrogen-bond acceptors (Lipinski definition) is 5. The maximum atomic E-state index is 13.0. The number of halogens is 3. The van der Waals surface area contributed by atoms with Crippen molar-refractivity contribution in [3.05, 3.63) is 0 Å². The molecule has 0 aromatic carbocycles. The standard InChI is InChI=1S/C8H13F3O5S/c1-3-4-7(12)16-5-6(9)8(10,11)17(13,14)15-2/h6H,3-5H2,1-2H3. The van der Waals surface area contributed by atoms with E-state index < -0.39 is 34.1 Å². The van der Waals surface area contributed by atoms with Crippen LogP contribution >= 0.6 is 0 Å². The molecule has 1 atom stereocenters. The van der Waals surface area contributed by atoms with Crippen LogP contribution in [-0.2, 0) is 23.8 Å². The van der Waals surface area contributed by atoms with Crippen LogP contribution in [0.5, 0.6) is 0 Å². The highest BCUT2D eigenvalue weighted by Crippen LogP contribution is 2.29. The lowest BCUT2D eigenvalue weighted by atomic mass is 10.3. The molecule has 0 aliphatic heterocycles. The average molecular weight is 278 g/mol. The molecule has 0 radical (unpaired) electrons. The number of alkyl halides is 3. The summed E-state index contributed by atoms with van der Waals surface area (Å²) in [6.07, 6.45) is -2.83. The summed E-state index contributed by atoms with van der Waals surface area (Å²) in [5.41, 5.74) is 0. The predicted octanol–water partition coefficient (Wildman–Crippen LogP) is 1.24. The van der Waals surface area contributed by atoms with Gasteiger partial charge in [-0.05, 0) is 6.42 Å². The molecule has 0 aliphatic carbocycles. The maximum absolute atomic E-state index is 13.0. The SMILES string of the molecule is CCCC(=O)OCC(F)C(F)(F)S(=O)(=O)OC. The van der Waals surface area contributed by atoms with Crippen molar-refractivity contribution >= 4 is 16.1 Å². The lowest BCUT2D eigenvalue weighted by molar-refractivity contribution is -0.148. The van der Waals surface area contributed by atoms with Crippen LogP contribution in [0.4, 0.5) is 13.2 Å². The van der Waals surface area contributed by atoms with Crippen molar-refractivity contribution < 1.29 is 35.3 Å². The number of carbonyl (C=O) groups excluding carboxylic acids is 1. The highest BCUT2D eigenvalue weighted by Gasteiger charge is 2.54. The van der Waals surface area contributed by atoms with Crippen LogP contribution in [0.15, 0.2) is 0 Å². The van der Waals surface area contributed by atoms with Gasteiger partial charge in [0.2, 0.25) is 6.17 Å². The first-order chi connectivity index (χ1) is 7.69. The number of rotatable bonds is 7. The van der Waals surface area contributed by atoms with Crippen LogP contribution in [0.1, 0.15) is 19.8 Å².